The number of hydrogen-bond donors (Lipinski definition) is 3. The minimum atomic E-state index is -4.37. The molecule has 0 aromatic rings. The van der Waals surface area contributed by atoms with Crippen molar-refractivity contribution >= 4 is 13.7 Å². The first-order valence-corrected chi connectivity index (χ1v) is 38.2. The van der Waals surface area contributed by atoms with Crippen molar-refractivity contribution in [2.24, 2.45) is 0 Å². The molecule has 0 heterocycles. The minimum Gasteiger partial charge on any atom is -0.387 e. The zero-order valence-corrected chi connectivity index (χ0v) is 57.5. The lowest BCUT2D eigenvalue weighted by atomic mass is 10.0. The predicted molar refractivity (Wildman–Crippen MR) is 369 cm³/mol. The van der Waals surface area contributed by atoms with E-state index >= 15 is 0 Å². The molecule has 0 aliphatic carbocycles. The van der Waals surface area contributed by atoms with Crippen molar-refractivity contribution in [3.05, 3.63) is 60.8 Å². The number of phosphoric acid groups is 1. The lowest BCUT2D eigenvalue weighted by molar-refractivity contribution is -0.870. The molecule has 84 heavy (non-hydrogen) atoms. The number of aliphatic hydroxyl groups is 1. The summed E-state index contributed by atoms with van der Waals surface area (Å²) in [4.78, 5) is 23.4. The minimum absolute atomic E-state index is 0.0535. The summed E-state index contributed by atoms with van der Waals surface area (Å²) >= 11 is 0. The number of amides is 1. The number of nitrogens with one attached hydrogen (secondary N) is 1. The van der Waals surface area contributed by atoms with E-state index in [1.165, 1.54) is 289 Å². The molecule has 8 nitrogen and oxygen atoms in total. The van der Waals surface area contributed by atoms with Crippen LogP contribution in [0.25, 0.3) is 0 Å². The number of hydrogen-bond acceptors (Lipinski definition) is 5. The van der Waals surface area contributed by atoms with E-state index in [1.807, 2.05) is 27.2 Å². The van der Waals surface area contributed by atoms with Crippen LogP contribution in [-0.4, -0.2) is 73.4 Å². The van der Waals surface area contributed by atoms with Gasteiger partial charge in [-0.3, -0.25) is 13.8 Å². The summed E-state index contributed by atoms with van der Waals surface area (Å²) in [6.45, 7) is 4.83. The standard InChI is InChI=1S/C75H143N2O6P/c1-6-8-10-12-14-16-18-20-22-24-26-28-30-32-34-36-38-40-42-44-46-48-50-52-54-56-58-60-62-64-66-68-74(78)73(72-83-84(80,81)82-71-70-77(3,4)5)76-75(79)69-67-65-63-61-59-57-55-53-51-49-47-45-43-41-39-37-35-33-31-29-27-25-23-21-19-17-15-13-11-9-7-2/h19,21,25,27,50,52,58,60,66,68,73-74,78H,6-18,20,22-24,26,28-49,51,53-57,59,61-65,67,69-72H2,1-5H3,(H-,76,79,80,81)/p+1/b21-19-,27-25-,52-50+,60-58+,68-66+. The number of aliphatic hydroxyl groups excluding tert-OH is 1. The second-order valence-corrected chi connectivity index (χ2v) is 27.8. The molecule has 0 rings (SSSR count). The van der Waals surface area contributed by atoms with Gasteiger partial charge in [-0.1, -0.05) is 338 Å². The fourth-order valence-electron chi connectivity index (χ4n) is 11.0. The van der Waals surface area contributed by atoms with Crippen LogP contribution in [0.15, 0.2) is 60.8 Å². The molecule has 0 saturated heterocycles. The summed E-state index contributed by atoms with van der Waals surface area (Å²) in [5, 5.41) is 14.0. The third-order valence-electron chi connectivity index (χ3n) is 16.7. The van der Waals surface area contributed by atoms with Gasteiger partial charge < -0.3 is 19.8 Å². The van der Waals surface area contributed by atoms with Gasteiger partial charge in [-0.2, -0.15) is 0 Å². The fraction of sp³-hybridized carbons (Fsp3) is 0.853. The molecule has 0 bridgehead atoms. The molecule has 0 aromatic heterocycles. The fourth-order valence-corrected chi connectivity index (χ4v) is 11.7. The summed E-state index contributed by atoms with van der Waals surface area (Å²) in [5.74, 6) is -0.186. The van der Waals surface area contributed by atoms with Gasteiger partial charge in [-0.05, 0) is 77.0 Å². The van der Waals surface area contributed by atoms with E-state index in [-0.39, 0.29) is 19.1 Å². The third-order valence-corrected chi connectivity index (χ3v) is 17.7. The molecule has 0 fully saturated rings. The maximum atomic E-state index is 13.1. The van der Waals surface area contributed by atoms with Crippen LogP contribution in [0.3, 0.4) is 0 Å². The average molecular weight is 1200 g/mol. The highest BCUT2D eigenvalue weighted by Crippen LogP contribution is 2.43. The highest BCUT2D eigenvalue weighted by Gasteiger charge is 2.28. The zero-order chi connectivity index (χ0) is 61.2. The second kappa shape index (κ2) is 65.6. The molecule has 3 atom stereocenters. The Labute approximate surface area is 523 Å². The average Bonchev–Trinajstić information content (AvgIpc) is 3.56. The molecule has 3 N–H and O–H groups in total. The van der Waals surface area contributed by atoms with Gasteiger partial charge in [-0.25, -0.2) is 4.57 Å². The van der Waals surface area contributed by atoms with Gasteiger partial charge >= 0.3 is 7.82 Å². The zero-order valence-electron chi connectivity index (χ0n) is 56.7. The summed E-state index contributed by atoms with van der Waals surface area (Å²) in [5.41, 5.74) is 0. The van der Waals surface area contributed by atoms with Crippen molar-refractivity contribution in [3.8, 4) is 0 Å². The normalized spacial score (nSPS) is 13.9. The number of likely N-dealkylation sites (N-methyl/N-ethyl adjacent to an activating group) is 1. The Morgan fingerprint density at radius 3 is 1.02 bits per heavy atom. The SMILES string of the molecule is CCCCCCC/C=C\C/C=C\CCCCCCCCCCCCCCCCCCCCCC(=O)NC(COP(=O)(O)OCC[N+](C)(C)C)C(O)/C=C/CC/C=C/CC/C=C/CCCCCCCCCCCCCCCCCCCCCCC. The Hall–Kier alpha value is -1.80. The van der Waals surface area contributed by atoms with Crippen molar-refractivity contribution in [2.45, 2.75) is 373 Å². The Morgan fingerprint density at radius 1 is 0.405 bits per heavy atom. The van der Waals surface area contributed by atoms with Crippen molar-refractivity contribution in [1.29, 1.82) is 0 Å². The van der Waals surface area contributed by atoms with Gasteiger partial charge in [0.2, 0.25) is 5.91 Å². The highest BCUT2D eigenvalue weighted by atomic mass is 31.2. The van der Waals surface area contributed by atoms with E-state index in [1.54, 1.807) is 6.08 Å². The van der Waals surface area contributed by atoms with Gasteiger partial charge in [0.1, 0.15) is 13.2 Å². The summed E-state index contributed by atoms with van der Waals surface area (Å²) < 4.78 is 23.8. The number of carbonyl (C=O) groups excluding carboxylic acids is 1. The van der Waals surface area contributed by atoms with Gasteiger partial charge in [0.15, 0.2) is 0 Å². The largest absolute Gasteiger partial charge is 0.472 e. The van der Waals surface area contributed by atoms with Crippen molar-refractivity contribution < 1.29 is 32.9 Å². The number of carbonyl (C=O) groups is 1. The van der Waals surface area contributed by atoms with E-state index in [4.69, 9.17) is 9.05 Å². The molecule has 494 valence electrons. The van der Waals surface area contributed by atoms with E-state index < -0.39 is 20.0 Å². The van der Waals surface area contributed by atoms with Gasteiger partial charge in [0, 0.05) is 6.42 Å². The summed E-state index contributed by atoms with van der Waals surface area (Å²) in [7, 11) is 1.56. The van der Waals surface area contributed by atoms with Crippen LogP contribution >= 0.6 is 7.82 Å². The number of unbranched alkanes of at least 4 members (excludes halogenated alkanes) is 47. The Kier molecular flexibility index (Phi) is 64.2. The Morgan fingerprint density at radius 2 is 0.690 bits per heavy atom. The van der Waals surface area contributed by atoms with Crippen LogP contribution in [-0.2, 0) is 18.4 Å². The highest BCUT2D eigenvalue weighted by molar-refractivity contribution is 7.47. The van der Waals surface area contributed by atoms with Crippen molar-refractivity contribution in [3.63, 3.8) is 0 Å². The van der Waals surface area contributed by atoms with E-state index in [9.17, 15) is 19.4 Å². The molecular weight excluding hydrogens is 1060 g/mol. The van der Waals surface area contributed by atoms with Crippen LogP contribution in [0.1, 0.15) is 361 Å². The van der Waals surface area contributed by atoms with Crippen molar-refractivity contribution in [1.82, 2.24) is 5.32 Å². The third kappa shape index (κ3) is 67.7. The van der Waals surface area contributed by atoms with Gasteiger partial charge in [-0.15, -0.1) is 0 Å². The Balaban J connectivity index is 4.09. The lowest BCUT2D eigenvalue weighted by Gasteiger charge is -2.25. The smallest absolute Gasteiger partial charge is 0.387 e. The molecule has 0 saturated carbocycles. The molecule has 0 aromatic carbocycles. The maximum Gasteiger partial charge on any atom is 0.472 e. The number of allylic oxidation sites excluding steroid dienone is 9. The first kappa shape index (κ1) is 82.2. The molecule has 0 radical (unpaired) electrons. The van der Waals surface area contributed by atoms with Crippen LogP contribution in [0.4, 0.5) is 0 Å². The molecule has 0 spiro atoms. The number of phosphoric ester groups is 1. The topological polar surface area (TPSA) is 105 Å². The van der Waals surface area contributed by atoms with Crippen LogP contribution in [0, 0.1) is 0 Å². The van der Waals surface area contributed by atoms with Crippen LogP contribution in [0.5, 0.6) is 0 Å². The monoisotopic (exact) mass is 1200 g/mol. The summed E-state index contributed by atoms with van der Waals surface area (Å²) in [6.07, 6.45) is 91.1. The first-order chi connectivity index (χ1) is 41.0. The molecule has 9 heteroatoms. The van der Waals surface area contributed by atoms with E-state index in [2.05, 4.69) is 67.8 Å². The quantitative estimate of drug-likeness (QED) is 0.0243. The molecule has 3 unspecified atom stereocenters. The summed E-state index contributed by atoms with van der Waals surface area (Å²) in [6, 6.07) is -0.873. The number of rotatable bonds is 68. The van der Waals surface area contributed by atoms with Crippen LogP contribution < -0.4 is 5.32 Å². The second-order valence-electron chi connectivity index (χ2n) is 26.3. The van der Waals surface area contributed by atoms with Crippen LogP contribution in [0.2, 0.25) is 0 Å². The Bertz CT molecular complexity index is 1550. The molecule has 0 aliphatic rings. The number of nitrogens with zero attached hydrogens (tertiary/aromatic N) is 1. The molecule has 0 aliphatic heterocycles. The van der Waals surface area contributed by atoms with Gasteiger partial charge in [0.05, 0.1) is 39.9 Å². The lowest BCUT2D eigenvalue weighted by Crippen LogP contribution is -2.45. The predicted octanol–water partition coefficient (Wildman–Crippen LogP) is 23.6. The van der Waals surface area contributed by atoms with Gasteiger partial charge in [0.25, 0.3) is 0 Å². The maximum absolute atomic E-state index is 13.1. The van der Waals surface area contributed by atoms with E-state index in [0.29, 0.717) is 17.4 Å². The van der Waals surface area contributed by atoms with E-state index in [0.717, 1.165) is 51.4 Å². The molecular formula is C75H144N2O6P+. The van der Waals surface area contributed by atoms with Crippen molar-refractivity contribution in [2.75, 3.05) is 40.9 Å². The number of quaternary nitrogens is 1. The first-order valence-electron chi connectivity index (χ1n) is 36.7. The molecule has 1 amide bonds.